The Kier molecular flexibility index (Phi) is 6.04. The Balaban J connectivity index is 1.46. The molecule has 3 N–H and O–H groups in total. The standard InChI is InChI=1S/C28H23F5N4O2/c29-17-9-18-19(12-34-25(18)20(30)10-17)26-35-21(13-5-7-16(8-6-13)28(31,32)33)11-22(37-26)36-24-15-3-1-14(2-4-15)23(24)27(38)39/h5-12,14-15,23-24,34H,1-4H2,(H,38,39)(H,35,36,37). The number of rotatable bonds is 5. The summed E-state index contributed by atoms with van der Waals surface area (Å²) in [6, 6.07) is 7.53. The van der Waals surface area contributed by atoms with Gasteiger partial charge in [0.15, 0.2) is 5.82 Å². The lowest BCUT2D eigenvalue weighted by Crippen LogP contribution is -2.51. The van der Waals surface area contributed by atoms with E-state index >= 15 is 0 Å². The number of aliphatic carboxylic acids is 1. The third kappa shape index (κ3) is 4.59. The monoisotopic (exact) mass is 542 g/mol. The van der Waals surface area contributed by atoms with Gasteiger partial charge in [-0.3, -0.25) is 4.79 Å². The third-order valence-electron chi connectivity index (χ3n) is 8.00. The second-order valence-electron chi connectivity index (χ2n) is 10.3. The molecule has 4 aromatic rings. The average molecular weight is 543 g/mol. The lowest BCUT2D eigenvalue weighted by atomic mass is 9.61. The Morgan fingerprint density at radius 3 is 2.33 bits per heavy atom. The van der Waals surface area contributed by atoms with Crippen molar-refractivity contribution in [3.05, 3.63) is 65.9 Å². The van der Waals surface area contributed by atoms with Crippen LogP contribution in [0.4, 0.5) is 27.8 Å². The van der Waals surface area contributed by atoms with Gasteiger partial charge in [0, 0.05) is 40.9 Å². The van der Waals surface area contributed by atoms with Gasteiger partial charge in [-0.1, -0.05) is 12.1 Å². The van der Waals surface area contributed by atoms with Crippen molar-refractivity contribution in [3.63, 3.8) is 0 Å². The summed E-state index contributed by atoms with van der Waals surface area (Å²) < 4.78 is 67.9. The van der Waals surface area contributed by atoms with E-state index in [1.54, 1.807) is 6.07 Å². The Bertz CT molecular complexity index is 1560. The predicted octanol–water partition coefficient (Wildman–Crippen LogP) is 6.89. The number of carboxylic acids is 1. The molecule has 3 fully saturated rings. The number of alkyl halides is 3. The highest BCUT2D eigenvalue weighted by Crippen LogP contribution is 2.46. The van der Waals surface area contributed by atoms with Crippen molar-refractivity contribution in [2.45, 2.75) is 37.9 Å². The zero-order valence-electron chi connectivity index (χ0n) is 20.4. The fourth-order valence-electron chi connectivity index (χ4n) is 6.14. The Morgan fingerprint density at radius 1 is 0.974 bits per heavy atom. The zero-order chi connectivity index (χ0) is 27.5. The molecule has 2 heterocycles. The van der Waals surface area contributed by atoms with Crippen LogP contribution in [0.5, 0.6) is 0 Å². The van der Waals surface area contributed by atoms with Crippen molar-refractivity contribution in [2.75, 3.05) is 5.32 Å². The highest BCUT2D eigenvalue weighted by atomic mass is 19.4. The number of nitrogens with zero attached hydrogens (tertiary/aromatic N) is 2. The van der Waals surface area contributed by atoms with Crippen LogP contribution in [0.3, 0.4) is 0 Å². The number of fused-ring (bicyclic) bond motifs is 4. The van der Waals surface area contributed by atoms with Gasteiger partial charge in [0.05, 0.1) is 22.7 Å². The van der Waals surface area contributed by atoms with Gasteiger partial charge >= 0.3 is 12.1 Å². The molecule has 3 aliphatic carbocycles. The van der Waals surface area contributed by atoms with Gasteiger partial charge in [-0.05, 0) is 55.7 Å². The van der Waals surface area contributed by atoms with Crippen molar-refractivity contribution >= 4 is 22.7 Å². The Labute approximate surface area is 219 Å². The lowest BCUT2D eigenvalue weighted by Gasteiger charge is -2.47. The molecule has 0 radical (unpaired) electrons. The lowest BCUT2D eigenvalue weighted by molar-refractivity contribution is -0.148. The van der Waals surface area contributed by atoms with Crippen molar-refractivity contribution in [1.29, 1.82) is 0 Å². The molecule has 2 bridgehead atoms. The Morgan fingerprint density at radius 2 is 1.67 bits per heavy atom. The fraction of sp³-hybridized carbons (Fsp3) is 0.321. The summed E-state index contributed by atoms with van der Waals surface area (Å²) in [5.41, 5.74) is 0.172. The summed E-state index contributed by atoms with van der Waals surface area (Å²) in [7, 11) is 0. The SMILES string of the molecule is O=C(O)C1C2CCC(CC2)C1Nc1cc(-c2ccc(C(F)(F)F)cc2)nc(-c2c[nH]c3c(F)cc(F)cc23)n1. The minimum Gasteiger partial charge on any atom is -0.481 e. The van der Waals surface area contributed by atoms with Crippen LogP contribution in [0.25, 0.3) is 33.5 Å². The van der Waals surface area contributed by atoms with Crippen LogP contribution in [0, 0.1) is 29.4 Å². The summed E-state index contributed by atoms with van der Waals surface area (Å²) >= 11 is 0. The van der Waals surface area contributed by atoms with Crippen molar-refractivity contribution < 1.29 is 31.9 Å². The maximum absolute atomic E-state index is 14.4. The maximum Gasteiger partial charge on any atom is 0.416 e. The molecule has 3 saturated carbocycles. The van der Waals surface area contributed by atoms with Crippen molar-refractivity contribution in [1.82, 2.24) is 15.0 Å². The summed E-state index contributed by atoms with van der Waals surface area (Å²) in [6.45, 7) is 0. The second kappa shape index (κ2) is 9.32. The molecule has 0 amide bonds. The number of carboxylic acid groups (broad SMARTS) is 1. The first-order valence-electron chi connectivity index (χ1n) is 12.6. The molecule has 2 aromatic carbocycles. The minimum absolute atomic E-state index is 0.0419. The van der Waals surface area contributed by atoms with Crippen molar-refractivity contribution in [2.24, 2.45) is 17.8 Å². The molecule has 2 unspecified atom stereocenters. The number of aromatic nitrogens is 3. The summed E-state index contributed by atoms with van der Waals surface area (Å²) in [4.78, 5) is 24.0. The van der Waals surface area contributed by atoms with Crippen LogP contribution < -0.4 is 5.32 Å². The molecular formula is C28H23F5N4O2. The smallest absolute Gasteiger partial charge is 0.416 e. The van der Waals surface area contributed by atoms with E-state index < -0.39 is 41.3 Å². The zero-order valence-corrected chi connectivity index (χ0v) is 20.4. The van der Waals surface area contributed by atoms with Crippen LogP contribution in [0.15, 0.2) is 48.7 Å². The number of hydrogen-bond acceptors (Lipinski definition) is 4. The first kappa shape index (κ1) is 25.3. The molecule has 0 spiro atoms. The van der Waals surface area contributed by atoms with Crippen LogP contribution in [-0.2, 0) is 11.0 Å². The third-order valence-corrected chi connectivity index (χ3v) is 8.00. The highest BCUT2D eigenvalue weighted by molar-refractivity contribution is 5.94. The van der Waals surface area contributed by atoms with Gasteiger partial charge in [-0.15, -0.1) is 0 Å². The molecule has 0 saturated heterocycles. The van der Waals surface area contributed by atoms with Gasteiger partial charge in [0.2, 0.25) is 0 Å². The number of anilines is 1. The quantitative estimate of drug-likeness (QED) is 0.239. The minimum atomic E-state index is -4.51. The normalized spacial score (nSPS) is 22.8. The molecule has 6 nitrogen and oxygen atoms in total. The summed E-state index contributed by atoms with van der Waals surface area (Å²) in [5.74, 6) is -2.55. The van der Waals surface area contributed by atoms with Crippen LogP contribution in [-0.4, -0.2) is 32.1 Å². The van der Waals surface area contributed by atoms with E-state index in [-0.39, 0.29) is 40.1 Å². The molecule has 7 rings (SSSR count). The number of hydrogen-bond donors (Lipinski definition) is 3. The van der Waals surface area contributed by atoms with E-state index in [4.69, 9.17) is 0 Å². The van der Waals surface area contributed by atoms with Crippen molar-refractivity contribution in [3.8, 4) is 22.6 Å². The number of carbonyl (C=O) groups is 1. The number of H-pyrrole nitrogens is 1. The van der Waals surface area contributed by atoms with Gasteiger partial charge in [-0.2, -0.15) is 13.2 Å². The molecule has 0 aliphatic heterocycles. The molecular weight excluding hydrogens is 519 g/mol. The molecule has 202 valence electrons. The molecule has 39 heavy (non-hydrogen) atoms. The van der Waals surface area contributed by atoms with E-state index in [2.05, 4.69) is 20.3 Å². The van der Waals surface area contributed by atoms with Gasteiger partial charge in [0.1, 0.15) is 17.5 Å². The van der Waals surface area contributed by atoms with E-state index in [1.165, 1.54) is 18.3 Å². The number of aromatic amines is 1. The number of nitrogens with one attached hydrogen (secondary N) is 2. The first-order valence-corrected chi connectivity index (χ1v) is 12.6. The van der Waals surface area contributed by atoms with Gasteiger partial charge in [0.25, 0.3) is 0 Å². The van der Waals surface area contributed by atoms with Gasteiger partial charge in [-0.25, -0.2) is 18.7 Å². The van der Waals surface area contributed by atoms with E-state index in [0.29, 0.717) is 11.1 Å². The summed E-state index contributed by atoms with van der Waals surface area (Å²) in [5, 5.41) is 13.5. The number of halogens is 5. The second-order valence-corrected chi connectivity index (χ2v) is 10.3. The molecule has 11 heteroatoms. The maximum atomic E-state index is 14.4. The van der Waals surface area contributed by atoms with E-state index in [9.17, 15) is 31.9 Å². The molecule has 2 atom stereocenters. The summed E-state index contributed by atoms with van der Waals surface area (Å²) in [6.07, 6.45) is 0.391. The van der Waals surface area contributed by atoms with E-state index in [0.717, 1.165) is 49.9 Å². The van der Waals surface area contributed by atoms with E-state index in [1.807, 2.05) is 0 Å². The Hall–Kier alpha value is -4.02. The highest BCUT2D eigenvalue weighted by Gasteiger charge is 2.47. The largest absolute Gasteiger partial charge is 0.481 e. The van der Waals surface area contributed by atoms with Crippen LogP contribution in [0.2, 0.25) is 0 Å². The van der Waals surface area contributed by atoms with Crippen LogP contribution >= 0.6 is 0 Å². The molecule has 3 aliphatic rings. The number of benzene rings is 2. The first-order chi connectivity index (χ1) is 18.6. The topological polar surface area (TPSA) is 90.9 Å². The molecule has 2 aromatic heterocycles. The van der Waals surface area contributed by atoms with Gasteiger partial charge < -0.3 is 15.4 Å². The van der Waals surface area contributed by atoms with Crippen LogP contribution in [0.1, 0.15) is 31.2 Å². The fourth-order valence-corrected chi connectivity index (χ4v) is 6.14. The predicted molar refractivity (Wildman–Crippen MR) is 134 cm³/mol. The average Bonchev–Trinajstić information content (AvgIpc) is 3.33.